The lowest BCUT2D eigenvalue weighted by molar-refractivity contribution is 0.0696. The molecule has 4 rings (SSSR count). The van der Waals surface area contributed by atoms with Crippen molar-refractivity contribution in [1.29, 1.82) is 0 Å². The summed E-state index contributed by atoms with van der Waals surface area (Å²) in [5.74, 6) is -0.652. The van der Waals surface area contributed by atoms with E-state index in [4.69, 9.17) is 9.72 Å². The number of carboxylic acid groups (broad SMARTS) is 1. The Balaban J connectivity index is 1.87. The third-order valence-corrected chi connectivity index (χ3v) is 4.86. The van der Waals surface area contributed by atoms with E-state index >= 15 is 0 Å². The van der Waals surface area contributed by atoms with Crippen molar-refractivity contribution in [2.45, 2.75) is 51.1 Å². The van der Waals surface area contributed by atoms with Crippen LogP contribution in [0.3, 0.4) is 0 Å². The number of aryl methyl sites for hydroxylation is 1. The maximum atomic E-state index is 12.0. The van der Waals surface area contributed by atoms with E-state index in [0.29, 0.717) is 36.7 Å². The van der Waals surface area contributed by atoms with Gasteiger partial charge in [-0.05, 0) is 32.6 Å². The van der Waals surface area contributed by atoms with Gasteiger partial charge in [0, 0.05) is 31.7 Å². The van der Waals surface area contributed by atoms with E-state index in [9.17, 15) is 9.90 Å². The minimum Gasteiger partial charge on any atom is -0.478 e. The molecule has 1 saturated heterocycles. The summed E-state index contributed by atoms with van der Waals surface area (Å²) in [4.78, 5) is 16.7. The first-order valence-corrected chi connectivity index (χ1v) is 8.66. The van der Waals surface area contributed by atoms with Gasteiger partial charge in [-0.25, -0.2) is 14.5 Å². The summed E-state index contributed by atoms with van der Waals surface area (Å²) < 4.78 is 7.25. The fourth-order valence-electron chi connectivity index (χ4n) is 3.40. The molecule has 0 aromatic carbocycles. The van der Waals surface area contributed by atoms with Gasteiger partial charge in [-0.15, -0.1) is 0 Å². The molecule has 128 valence electrons. The van der Waals surface area contributed by atoms with Crippen LogP contribution in [0.25, 0.3) is 11.0 Å². The molecule has 0 bridgehead atoms. The second kappa shape index (κ2) is 6.05. The van der Waals surface area contributed by atoms with Gasteiger partial charge < -0.3 is 15.2 Å². The van der Waals surface area contributed by atoms with Crippen molar-refractivity contribution >= 4 is 22.7 Å². The summed E-state index contributed by atoms with van der Waals surface area (Å²) in [6, 6.07) is 0.222. The summed E-state index contributed by atoms with van der Waals surface area (Å²) >= 11 is 0. The first-order chi connectivity index (χ1) is 11.7. The van der Waals surface area contributed by atoms with Crippen LogP contribution in [-0.4, -0.2) is 45.1 Å². The van der Waals surface area contributed by atoms with Crippen LogP contribution in [0.5, 0.6) is 0 Å². The molecular weight excluding hydrogens is 308 g/mol. The predicted molar refractivity (Wildman–Crippen MR) is 89.6 cm³/mol. The highest BCUT2D eigenvalue weighted by molar-refractivity contribution is 6.05. The number of hydrogen-bond acceptors (Lipinski definition) is 5. The number of aromatic nitrogens is 3. The maximum Gasteiger partial charge on any atom is 0.339 e. The van der Waals surface area contributed by atoms with Gasteiger partial charge in [0.15, 0.2) is 5.65 Å². The summed E-state index contributed by atoms with van der Waals surface area (Å²) in [5.41, 5.74) is 2.49. The smallest absolute Gasteiger partial charge is 0.339 e. The maximum absolute atomic E-state index is 12.0. The SMILES string of the molecule is CCn1ncc2c(NC3CCOCC3)c(C(=O)O)c(C3CC3)nc21. The van der Waals surface area contributed by atoms with E-state index in [1.165, 1.54) is 0 Å². The zero-order chi connectivity index (χ0) is 16.7. The van der Waals surface area contributed by atoms with E-state index < -0.39 is 5.97 Å². The molecule has 0 radical (unpaired) electrons. The minimum absolute atomic E-state index is 0.222. The lowest BCUT2D eigenvalue weighted by atomic mass is 10.0. The first kappa shape index (κ1) is 15.4. The van der Waals surface area contributed by atoms with Gasteiger partial charge in [0.05, 0.1) is 23.0 Å². The van der Waals surface area contributed by atoms with Gasteiger partial charge in [0.1, 0.15) is 5.56 Å². The molecule has 0 atom stereocenters. The van der Waals surface area contributed by atoms with E-state index in [2.05, 4.69) is 10.4 Å². The Morgan fingerprint density at radius 3 is 2.75 bits per heavy atom. The Labute approximate surface area is 140 Å². The van der Waals surface area contributed by atoms with E-state index in [1.54, 1.807) is 6.20 Å². The van der Waals surface area contributed by atoms with Crippen LogP contribution >= 0.6 is 0 Å². The Morgan fingerprint density at radius 1 is 1.38 bits per heavy atom. The molecule has 2 N–H and O–H groups in total. The number of carboxylic acids is 1. The lowest BCUT2D eigenvalue weighted by Crippen LogP contribution is -2.29. The molecule has 1 saturated carbocycles. The summed E-state index contributed by atoms with van der Waals surface area (Å²) in [6.07, 6.45) is 5.51. The van der Waals surface area contributed by atoms with Crippen molar-refractivity contribution in [3.63, 3.8) is 0 Å². The standard InChI is InChI=1S/C17H22N4O3/c1-2-21-16-12(9-18-21)15(19-11-5-7-24-8-6-11)13(17(22)23)14(20-16)10-3-4-10/h9-11H,2-8H2,1H3,(H,19,20)(H,22,23). The Kier molecular flexibility index (Phi) is 3.88. The average Bonchev–Trinajstić information content (AvgIpc) is 3.35. The van der Waals surface area contributed by atoms with Gasteiger partial charge in [0.2, 0.25) is 0 Å². The molecule has 2 fully saturated rings. The van der Waals surface area contributed by atoms with Crippen LogP contribution in [0.2, 0.25) is 0 Å². The second-order valence-corrected chi connectivity index (χ2v) is 6.56. The van der Waals surface area contributed by atoms with E-state index in [1.807, 2.05) is 11.6 Å². The number of fused-ring (bicyclic) bond motifs is 1. The highest BCUT2D eigenvalue weighted by Crippen LogP contribution is 2.44. The van der Waals surface area contributed by atoms with Gasteiger partial charge in [-0.3, -0.25) is 0 Å². The lowest BCUT2D eigenvalue weighted by Gasteiger charge is -2.25. The van der Waals surface area contributed by atoms with E-state index in [0.717, 1.165) is 36.7 Å². The largest absolute Gasteiger partial charge is 0.478 e. The summed E-state index contributed by atoms with van der Waals surface area (Å²) in [5, 5.41) is 18.5. The van der Waals surface area contributed by atoms with Crippen LogP contribution in [0, 0.1) is 0 Å². The number of pyridine rings is 1. The van der Waals surface area contributed by atoms with Crippen molar-refractivity contribution in [3.05, 3.63) is 17.5 Å². The predicted octanol–water partition coefficient (Wildman–Crippen LogP) is 2.62. The zero-order valence-corrected chi connectivity index (χ0v) is 13.8. The summed E-state index contributed by atoms with van der Waals surface area (Å²) in [7, 11) is 0. The molecule has 24 heavy (non-hydrogen) atoms. The number of rotatable bonds is 5. The molecule has 0 unspecified atom stereocenters. The van der Waals surface area contributed by atoms with Gasteiger partial charge in [0.25, 0.3) is 0 Å². The molecule has 2 aromatic heterocycles. The van der Waals surface area contributed by atoms with Crippen LogP contribution in [-0.2, 0) is 11.3 Å². The van der Waals surface area contributed by atoms with Crippen LogP contribution in [0.1, 0.15) is 54.6 Å². The van der Waals surface area contributed by atoms with Gasteiger partial charge in [-0.1, -0.05) is 0 Å². The second-order valence-electron chi connectivity index (χ2n) is 6.56. The quantitative estimate of drug-likeness (QED) is 0.876. The molecule has 7 nitrogen and oxygen atoms in total. The monoisotopic (exact) mass is 330 g/mol. The fourth-order valence-corrected chi connectivity index (χ4v) is 3.40. The molecular formula is C17H22N4O3. The molecule has 3 heterocycles. The van der Waals surface area contributed by atoms with Crippen molar-refractivity contribution in [1.82, 2.24) is 14.8 Å². The van der Waals surface area contributed by atoms with E-state index in [-0.39, 0.29) is 12.0 Å². The average molecular weight is 330 g/mol. The molecule has 7 heteroatoms. The van der Waals surface area contributed by atoms with Crippen molar-refractivity contribution in [2.24, 2.45) is 0 Å². The molecule has 1 aliphatic carbocycles. The molecule has 1 aliphatic heterocycles. The highest BCUT2D eigenvalue weighted by Gasteiger charge is 2.34. The minimum atomic E-state index is -0.912. The fraction of sp³-hybridized carbons (Fsp3) is 0.588. The number of anilines is 1. The van der Waals surface area contributed by atoms with Crippen LogP contribution in [0.4, 0.5) is 5.69 Å². The number of ether oxygens (including phenoxy) is 1. The molecule has 2 aromatic rings. The Morgan fingerprint density at radius 2 is 2.12 bits per heavy atom. The van der Waals surface area contributed by atoms with Crippen molar-refractivity contribution in [2.75, 3.05) is 18.5 Å². The Hall–Kier alpha value is -2.15. The zero-order valence-electron chi connectivity index (χ0n) is 13.8. The van der Waals surface area contributed by atoms with Gasteiger partial charge >= 0.3 is 5.97 Å². The third kappa shape index (κ3) is 2.62. The van der Waals surface area contributed by atoms with Gasteiger partial charge in [-0.2, -0.15) is 5.10 Å². The number of carbonyl (C=O) groups is 1. The normalized spacial score (nSPS) is 18.9. The topological polar surface area (TPSA) is 89.3 Å². The highest BCUT2D eigenvalue weighted by atomic mass is 16.5. The molecule has 2 aliphatic rings. The molecule has 0 spiro atoms. The number of aromatic carboxylic acids is 1. The van der Waals surface area contributed by atoms with Crippen LogP contribution < -0.4 is 5.32 Å². The first-order valence-electron chi connectivity index (χ1n) is 8.66. The number of nitrogens with zero attached hydrogens (tertiary/aromatic N) is 3. The van der Waals surface area contributed by atoms with Crippen LogP contribution in [0.15, 0.2) is 6.20 Å². The number of hydrogen-bond donors (Lipinski definition) is 2. The van der Waals surface area contributed by atoms with Crippen molar-refractivity contribution < 1.29 is 14.6 Å². The number of nitrogens with one attached hydrogen (secondary N) is 1. The van der Waals surface area contributed by atoms with Crippen molar-refractivity contribution in [3.8, 4) is 0 Å². The summed E-state index contributed by atoms with van der Waals surface area (Å²) in [6.45, 7) is 4.14. The Bertz CT molecular complexity index is 776. The third-order valence-electron chi connectivity index (χ3n) is 4.86. The molecule has 0 amide bonds.